The number of hydrogen-bond donors (Lipinski definition) is 3. The summed E-state index contributed by atoms with van der Waals surface area (Å²) in [6.45, 7) is 0.215. The maximum atomic E-state index is 11.6. The molecule has 2 rings (SSSR count). The number of benzene rings is 1. The predicted octanol–water partition coefficient (Wildman–Crippen LogP) is 0.743. The van der Waals surface area contributed by atoms with E-state index in [4.69, 9.17) is 0 Å². The molecule has 0 bridgehead atoms. The lowest BCUT2D eigenvalue weighted by Crippen LogP contribution is -2.33. The highest BCUT2D eigenvalue weighted by atomic mass is 16.3. The van der Waals surface area contributed by atoms with Crippen molar-refractivity contribution in [2.24, 2.45) is 0 Å². The lowest BCUT2D eigenvalue weighted by molar-refractivity contribution is 0.0911. The van der Waals surface area contributed by atoms with E-state index in [1.54, 1.807) is 6.07 Å². The molecule has 5 nitrogen and oxygen atoms in total. The number of H-pyrrole nitrogens is 1. The number of aliphatic hydroxyl groups is 1. The van der Waals surface area contributed by atoms with Gasteiger partial charge in [0, 0.05) is 19.2 Å². The van der Waals surface area contributed by atoms with Gasteiger partial charge in [-0.05, 0) is 11.6 Å². The summed E-state index contributed by atoms with van der Waals surface area (Å²) < 4.78 is 0. The monoisotopic (exact) mass is 245 g/mol. The van der Waals surface area contributed by atoms with Crippen LogP contribution in [0, 0.1) is 0 Å². The number of aromatic amines is 1. The maximum Gasteiger partial charge on any atom is 0.269 e. The molecule has 0 aliphatic rings. The molecule has 0 radical (unpaired) electrons. The van der Waals surface area contributed by atoms with Gasteiger partial charge in [-0.3, -0.25) is 9.89 Å². The minimum absolute atomic E-state index is 0.215. The normalized spacial score (nSPS) is 12.1. The van der Waals surface area contributed by atoms with Crippen LogP contribution in [0.1, 0.15) is 16.1 Å². The van der Waals surface area contributed by atoms with Gasteiger partial charge >= 0.3 is 0 Å². The number of carbonyl (C=O) groups is 1. The van der Waals surface area contributed by atoms with E-state index in [2.05, 4.69) is 15.5 Å². The van der Waals surface area contributed by atoms with Crippen LogP contribution in [0.4, 0.5) is 0 Å². The average Bonchev–Trinajstić information content (AvgIpc) is 2.91. The number of nitrogens with zero attached hydrogens (tertiary/aromatic N) is 1. The highest BCUT2D eigenvalue weighted by Crippen LogP contribution is 2.02. The third kappa shape index (κ3) is 3.43. The van der Waals surface area contributed by atoms with E-state index in [0.29, 0.717) is 12.1 Å². The summed E-state index contributed by atoms with van der Waals surface area (Å²) in [7, 11) is 0. The molecule has 2 aromatic rings. The molecule has 0 aliphatic carbocycles. The molecule has 0 fully saturated rings. The number of rotatable bonds is 5. The first-order valence-corrected chi connectivity index (χ1v) is 5.75. The fourth-order valence-electron chi connectivity index (χ4n) is 1.65. The molecular formula is C13H15N3O2. The Morgan fingerprint density at radius 2 is 2.11 bits per heavy atom. The largest absolute Gasteiger partial charge is 0.391 e. The summed E-state index contributed by atoms with van der Waals surface area (Å²) in [6.07, 6.45) is 1.43. The molecule has 3 N–H and O–H groups in total. The zero-order valence-electron chi connectivity index (χ0n) is 9.84. The van der Waals surface area contributed by atoms with E-state index in [1.807, 2.05) is 30.3 Å². The molecule has 94 valence electrons. The van der Waals surface area contributed by atoms with E-state index in [1.165, 1.54) is 6.20 Å². The molecule has 1 aromatic heterocycles. The molecule has 0 saturated carbocycles. The van der Waals surface area contributed by atoms with Gasteiger partial charge in [0.15, 0.2) is 0 Å². The molecule has 1 heterocycles. The topological polar surface area (TPSA) is 78.0 Å². The fraction of sp³-hybridized carbons (Fsp3) is 0.231. The Morgan fingerprint density at radius 3 is 2.78 bits per heavy atom. The van der Waals surface area contributed by atoms with Crippen LogP contribution >= 0.6 is 0 Å². The van der Waals surface area contributed by atoms with Crippen molar-refractivity contribution in [2.45, 2.75) is 12.5 Å². The highest BCUT2D eigenvalue weighted by Gasteiger charge is 2.10. The van der Waals surface area contributed by atoms with Crippen LogP contribution in [0.3, 0.4) is 0 Å². The first-order valence-electron chi connectivity index (χ1n) is 5.75. The summed E-state index contributed by atoms with van der Waals surface area (Å²) in [5, 5.41) is 18.7. The van der Waals surface area contributed by atoms with Crippen LogP contribution in [0.5, 0.6) is 0 Å². The Bertz CT molecular complexity index is 482. The Balaban J connectivity index is 1.78. The second kappa shape index (κ2) is 5.97. The summed E-state index contributed by atoms with van der Waals surface area (Å²) in [5.74, 6) is -0.264. The minimum atomic E-state index is -0.598. The van der Waals surface area contributed by atoms with E-state index >= 15 is 0 Å². The second-order valence-corrected chi connectivity index (χ2v) is 4.02. The minimum Gasteiger partial charge on any atom is -0.391 e. The number of nitrogens with one attached hydrogen (secondary N) is 2. The van der Waals surface area contributed by atoms with E-state index in [-0.39, 0.29) is 12.5 Å². The van der Waals surface area contributed by atoms with Gasteiger partial charge in [-0.25, -0.2) is 0 Å². The van der Waals surface area contributed by atoms with Gasteiger partial charge in [0.2, 0.25) is 0 Å². The maximum absolute atomic E-state index is 11.6. The number of aromatic nitrogens is 2. The van der Waals surface area contributed by atoms with Crippen LogP contribution in [0.25, 0.3) is 0 Å². The lowest BCUT2D eigenvalue weighted by atomic mass is 10.1. The van der Waals surface area contributed by atoms with E-state index < -0.39 is 6.10 Å². The number of carbonyl (C=O) groups excluding carboxylic acids is 1. The number of amides is 1. The fourth-order valence-corrected chi connectivity index (χ4v) is 1.65. The molecule has 18 heavy (non-hydrogen) atoms. The molecule has 1 atom stereocenters. The van der Waals surface area contributed by atoms with Crippen molar-refractivity contribution in [3.8, 4) is 0 Å². The zero-order chi connectivity index (χ0) is 12.8. The third-order valence-electron chi connectivity index (χ3n) is 2.56. The molecule has 1 amide bonds. The summed E-state index contributed by atoms with van der Waals surface area (Å²) >= 11 is 0. The Kier molecular flexibility index (Phi) is 4.09. The van der Waals surface area contributed by atoms with Crippen molar-refractivity contribution in [1.82, 2.24) is 15.5 Å². The molecule has 0 saturated heterocycles. The van der Waals surface area contributed by atoms with Crippen LogP contribution in [-0.4, -0.2) is 33.9 Å². The lowest BCUT2D eigenvalue weighted by Gasteiger charge is -2.11. The number of hydrogen-bond acceptors (Lipinski definition) is 3. The first-order chi connectivity index (χ1) is 8.75. The Labute approximate surface area is 105 Å². The quantitative estimate of drug-likeness (QED) is 0.727. The Hall–Kier alpha value is -2.14. The van der Waals surface area contributed by atoms with Gasteiger partial charge in [0.25, 0.3) is 5.91 Å². The van der Waals surface area contributed by atoms with Crippen molar-refractivity contribution in [1.29, 1.82) is 0 Å². The van der Waals surface area contributed by atoms with Crippen LogP contribution < -0.4 is 5.32 Å². The summed E-state index contributed by atoms with van der Waals surface area (Å²) in [4.78, 5) is 11.6. The summed E-state index contributed by atoms with van der Waals surface area (Å²) in [6, 6.07) is 11.2. The molecular weight excluding hydrogens is 230 g/mol. The van der Waals surface area contributed by atoms with Gasteiger partial charge in [0.05, 0.1) is 6.10 Å². The summed E-state index contributed by atoms with van der Waals surface area (Å²) in [5.41, 5.74) is 1.43. The van der Waals surface area contributed by atoms with Gasteiger partial charge in [0.1, 0.15) is 5.69 Å². The molecule has 0 spiro atoms. The van der Waals surface area contributed by atoms with Crippen molar-refractivity contribution in [3.05, 3.63) is 53.9 Å². The van der Waals surface area contributed by atoms with Crippen LogP contribution in [0.2, 0.25) is 0 Å². The first kappa shape index (κ1) is 12.3. The average molecular weight is 245 g/mol. The molecule has 1 unspecified atom stereocenters. The van der Waals surface area contributed by atoms with Crippen LogP contribution in [0.15, 0.2) is 42.6 Å². The van der Waals surface area contributed by atoms with Gasteiger partial charge in [-0.1, -0.05) is 30.3 Å². The van der Waals surface area contributed by atoms with Crippen molar-refractivity contribution >= 4 is 5.91 Å². The van der Waals surface area contributed by atoms with Crippen molar-refractivity contribution in [3.63, 3.8) is 0 Å². The molecule has 5 heteroatoms. The van der Waals surface area contributed by atoms with Crippen LogP contribution in [-0.2, 0) is 6.42 Å². The SMILES string of the molecule is O=C(NCC(O)Cc1ccccc1)c1ccn[nH]1. The highest BCUT2D eigenvalue weighted by molar-refractivity contribution is 5.92. The van der Waals surface area contributed by atoms with Gasteiger partial charge in [-0.15, -0.1) is 0 Å². The van der Waals surface area contributed by atoms with E-state index in [0.717, 1.165) is 5.56 Å². The number of aliphatic hydroxyl groups excluding tert-OH is 1. The van der Waals surface area contributed by atoms with Crippen molar-refractivity contribution in [2.75, 3.05) is 6.54 Å². The molecule has 1 aromatic carbocycles. The smallest absolute Gasteiger partial charge is 0.269 e. The standard InChI is InChI=1S/C13H15N3O2/c17-11(8-10-4-2-1-3-5-10)9-14-13(18)12-6-7-15-16-12/h1-7,11,17H,8-9H2,(H,14,18)(H,15,16). The van der Waals surface area contributed by atoms with E-state index in [9.17, 15) is 9.90 Å². The van der Waals surface area contributed by atoms with Gasteiger partial charge < -0.3 is 10.4 Å². The predicted molar refractivity (Wildman–Crippen MR) is 67.1 cm³/mol. The van der Waals surface area contributed by atoms with Gasteiger partial charge in [-0.2, -0.15) is 5.10 Å². The third-order valence-corrected chi connectivity index (χ3v) is 2.56. The second-order valence-electron chi connectivity index (χ2n) is 4.02. The zero-order valence-corrected chi connectivity index (χ0v) is 9.84. The Morgan fingerprint density at radius 1 is 1.33 bits per heavy atom. The molecule has 0 aliphatic heterocycles. The van der Waals surface area contributed by atoms with Crippen molar-refractivity contribution < 1.29 is 9.90 Å².